The first-order valence-electron chi connectivity index (χ1n) is 8.75. The molecule has 1 heterocycles. The topological polar surface area (TPSA) is 56.5 Å². The van der Waals surface area contributed by atoms with Crippen molar-refractivity contribution in [3.8, 4) is 18.1 Å². The van der Waals surface area contributed by atoms with Crippen LogP contribution in [-0.2, 0) is 6.42 Å². The van der Waals surface area contributed by atoms with E-state index in [4.69, 9.17) is 22.8 Å². The summed E-state index contributed by atoms with van der Waals surface area (Å²) in [5.41, 5.74) is 0.975. The van der Waals surface area contributed by atoms with E-state index >= 15 is 0 Å². The zero-order valence-electron chi connectivity index (χ0n) is 15.5. The average molecular weight is 538 g/mol. The number of hydrogen-bond donors (Lipinski definition) is 0. The number of aromatic nitrogens is 2. The van der Waals surface area contributed by atoms with Crippen LogP contribution in [-0.4, -0.2) is 22.5 Å². The maximum absolute atomic E-state index is 13.1. The Hall–Kier alpha value is -2.14. The molecular formula is C21H16Br2ClN3O2. The van der Waals surface area contributed by atoms with Crippen molar-refractivity contribution in [1.29, 1.82) is 0 Å². The van der Waals surface area contributed by atoms with Crippen LogP contribution < -0.4 is 10.3 Å². The van der Waals surface area contributed by atoms with E-state index in [1.165, 1.54) is 10.9 Å². The maximum Gasteiger partial charge on any atom is 0.282 e. The Morgan fingerprint density at radius 1 is 1.34 bits per heavy atom. The van der Waals surface area contributed by atoms with Gasteiger partial charge in [-0.25, -0.2) is 4.98 Å². The van der Waals surface area contributed by atoms with E-state index in [1.54, 1.807) is 18.2 Å². The number of hydrogen-bond acceptors (Lipinski definition) is 4. The van der Waals surface area contributed by atoms with Crippen LogP contribution in [0.3, 0.4) is 0 Å². The Morgan fingerprint density at radius 3 is 2.86 bits per heavy atom. The van der Waals surface area contributed by atoms with Crippen molar-refractivity contribution < 1.29 is 4.74 Å². The predicted molar refractivity (Wildman–Crippen MR) is 124 cm³/mol. The predicted octanol–water partition coefficient (Wildman–Crippen LogP) is 5.42. The summed E-state index contributed by atoms with van der Waals surface area (Å²) in [4.78, 5) is 17.7. The summed E-state index contributed by atoms with van der Waals surface area (Å²) in [5.74, 6) is 3.51. The lowest BCUT2D eigenvalue weighted by atomic mass is 10.2. The van der Waals surface area contributed by atoms with Gasteiger partial charge in [0, 0.05) is 21.5 Å². The third-order valence-corrected chi connectivity index (χ3v) is 5.30. The van der Waals surface area contributed by atoms with Crippen LogP contribution in [0.4, 0.5) is 0 Å². The quantitative estimate of drug-likeness (QED) is 0.312. The number of nitrogens with zero attached hydrogens (tertiary/aromatic N) is 3. The highest BCUT2D eigenvalue weighted by atomic mass is 79.9. The van der Waals surface area contributed by atoms with Gasteiger partial charge in [-0.15, -0.1) is 6.42 Å². The molecule has 0 unspecified atom stereocenters. The minimum Gasteiger partial charge on any atom is -0.479 e. The number of aryl methyl sites for hydroxylation is 1. The van der Waals surface area contributed by atoms with Crippen LogP contribution in [0.2, 0.25) is 5.02 Å². The molecule has 0 saturated heterocycles. The minimum absolute atomic E-state index is 0.0909. The van der Waals surface area contributed by atoms with Gasteiger partial charge in [0.25, 0.3) is 5.56 Å². The van der Waals surface area contributed by atoms with Gasteiger partial charge in [-0.2, -0.15) is 9.78 Å². The van der Waals surface area contributed by atoms with E-state index in [0.29, 0.717) is 44.0 Å². The molecule has 8 heteroatoms. The second kappa shape index (κ2) is 9.57. The van der Waals surface area contributed by atoms with Crippen LogP contribution in [0.15, 0.2) is 49.2 Å². The molecule has 0 amide bonds. The molecule has 148 valence electrons. The van der Waals surface area contributed by atoms with Crippen molar-refractivity contribution in [2.24, 2.45) is 5.10 Å². The van der Waals surface area contributed by atoms with Gasteiger partial charge in [-0.1, -0.05) is 40.4 Å². The van der Waals surface area contributed by atoms with Gasteiger partial charge in [0.2, 0.25) is 0 Å². The Balaban J connectivity index is 2.16. The third kappa shape index (κ3) is 4.89. The fraction of sp³-hybridized carbons (Fsp3) is 0.190. The smallest absolute Gasteiger partial charge is 0.282 e. The normalized spacial score (nSPS) is 11.1. The number of ether oxygens (including phenoxy) is 1. The zero-order valence-corrected chi connectivity index (χ0v) is 19.4. The molecule has 0 aliphatic carbocycles. The van der Waals surface area contributed by atoms with Crippen molar-refractivity contribution in [1.82, 2.24) is 9.66 Å². The molecule has 0 atom stereocenters. The van der Waals surface area contributed by atoms with Crippen molar-refractivity contribution in [2.45, 2.75) is 19.8 Å². The van der Waals surface area contributed by atoms with Crippen molar-refractivity contribution in [2.75, 3.05) is 6.61 Å². The number of fused-ring (bicyclic) bond motifs is 1. The van der Waals surface area contributed by atoms with Crippen LogP contribution >= 0.6 is 43.5 Å². The lowest BCUT2D eigenvalue weighted by Crippen LogP contribution is -2.22. The van der Waals surface area contributed by atoms with Crippen molar-refractivity contribution in [3.63, 3.8) is 0 Å². The molecule has 3 rings (SSSR count). The molecule has 0 spiro atoms. The van der Waals surface area contributed by atoms with E-state index < -0.39 is 0 Å². The van der Waals surface area contributed by atoms with Gasteiger partial charge >= 0.3 is 0 Å². The van der Waals surface area contributed by atoms with Gasteiger partial charge in [0.15, 0.2) is 0 Å². The van der Waals surface area contributed by atoms with E-state index in [2.05, 4.69) is 47.9 Å². The minimum atomic E-state index is -0.247. The SMILES string of the molecule is C#CCOc1c(Br)cc(Cl)cc1C=Nn1c(CCC)nc2ccc(Br)cc2c1=O. The number of terminal acetylenes is 1. The van der Waals surface area contributed by atoms with Crippen LogP contribution in [0.25, 0.3) is 10.9 Å². The molecule has 1 aromatic heterocycles. The standard InChI is InChI=1S/C21H16Br2ClN3O2/c1-3-5-19-26-18-7-6-14(22)10-16(18)21(28)27(19)25-12-13-9-15(24)11-17(23)20(13)29-8-4-2/h2,6-7,9-12H,3,5,8H2,1H3. The maximum atomic E-state index is 13.1. The summed E-state index contributed by atoms with van der Waals surface area (Å²) >= 11 is 13.0. The lowest BCUT2D eigenvalue weighted by Gasteiger charge is -2.11. The Bertz CT molecular complexity index is 1200. The van der Waals surface area contributed by atoms with Gasteiger partial charge < -0.3 is 4.74 Å². The average Bonchev–Trinajstić information content (AvgIpc) is 2.68. The second-order valence-corrected chi connectivity index (χ2v) is 8.31. The molecule has 0 fully saturated rings. The molecular weight excluding hydrogens is 522 g/mol. The first-order valence-corrected chi connectivity index (χ1v) is 10.7. The summed E-state index contributed by atoms with van der Waals surface area (Å²) in [6.07, 6.45) is 8.26. The Kier molecular flexibility index (Phi) is 7.12. The molecule has 0 bridgehead atoms. The lowest BCUT2D eigenvalue weighted by molar-refractivity contribution is 0.367. The monoisotopic (exact) mass is 535 g/mol. The van der Waals surface area contributed by atoms with Crippen molar-refractivity contribution >= 4 is 60.6 Å². The highest BCUT2D eigenvalue weighted by Gasteiger charge is 2.12. The number of benzene rings is 2. The second-order valence-electron chi connectivity index (χ2n) is 6.10. The highest BCUT2D eigenvalue weighted by Crippen LogP contribution is 2.32. The molecule has 0 aliphatic heterocycles. The van der Waals surface area contributed by atoms with E-state index in [9.17, 15) is 4.79 Å². The number of rotatable bonds is 6. The Labute approximate surface area is 190 Å². The van der Waals surface area contributed by atoms with E-state index in [0.717, 1.165) is 10.9 Å². The molecule has 0 radical (unpaired) electrons. The molecule has 3 aromatic rings. The van der Waals surface area contributed by atoms with Crippen LogP contribution in [0.5, 0.6) is 5.75 Å². The highest BCUT2D eigenvalue weighted by molar-refractivity contribution is 9.10. The molecule has 0 N–H and O–H groups in total. The van der Waals surface area contributed by atoms with Gasteiger partial charge in [-0.3, -0.25) is 4.79 Å². The number of halogens is 3. The van der Waals surface area contributed by atoms with Gasteiger partial charge in [0.1, 0.15) is 18.2 Å². The largest absolute Gasteiger partial charge is 0.479 e. The van der Waals surface area contributed by atoms with Crippen LogP contribution in [0, 0.1) is 12.3 Å². The summed E-state index contributed by atoms with van der Waals surface area (Å²) in [6, 6.07) is 8.81. The summed E-state index contributed by atoms with van der Waals surface area (Å²) in [5, 5.41) is 5.39. The zero-order chi connectivity index (χ0) is 21.0. The molecule has 29 heavy (non-hydrogen) atoms. The fourth-order valence-corrected chi connectivity index (χ4v) is 4.07. The molecule has 0 saturated carbocycles. The fourth-order valence-electron chi connectivity index (χ4n) is 2.76. The molecule has 2 aromatic carbocycles. The first kappa shape index (κ1) is 21.6. The van der Waals surface area contributed by atoms with Crippen molar-refractivity contribution in [3.05, 3.63) is 66.0 Å². The third-order valence-electron chi connectivity index (χ3n) is 4.00. The summed E-state index contributed by atoms with van der Waals surface area (Å²) in [7, 11) is 0. The Morgan fingerprint density at radius 2 is 2.14 bits per heavy atom. The summed E-state index contributed by atoms with van der Waals surface area (Å²) < 4.78 is 8.37. The van der Waals surface area contributed by atoms with Gasteiger partial charge in [0.05, 0.1) is 21.6 Å². The van der Waals surface area contributed by atoms with Gasteiger partial charge in [-0.05, 0) is 52.7 Å². The van der Waals surface area contributed by atoms with E-state index in [-0.39, 0.29) is 12.2 Å². The van der Waals surface area contributed by atoms with Crippen LogP contribution in [0.1, 0.15) is 24.7 Å². The van der Waals surface area contributed by atoms with E-state index in [1.807, 2.05) is 19.1 Å². The summed E-state index contributed by atoms with van der Waals surface area (Å²) in [6.45, 7) is 2.11. The molecule has 0 aliphatic rings. The first-order chi connectivity index (χ1) is 13.9. The molecule has 5 nitrogen and oxygen atoms in total.